The van der Waals surface area contributed by atoms with Crippen LogP contribution in [-0.4, -0.2) is 40.9 Å². The summed E-state index contributed by atoms with van der Waals surface area (Å²) >= 11 is 0. The molecule has 1 aromatic carbocycles. The van der Waals surface area contributed by atoms with E-state index in [1.165, 1.54) is 18.2 Å². The summed E-state index contributed by atoms with van der Waals surface area (Å²) in [6, 6.07) is 5.13. The zero-order valence-electron chi connectivity index (χ0n) is 9.80. The molecule has 2 rings (SSSR count). The molecule has 0 radical (unpaired) electrons. The van der Waals surface area contributed by atoms with Crippen molar-refractivity contribution in [2.24, 2.45) is 0 Å². The number of likely N-dealkylation sites (tertiary alicyclic amines) is 1. The third kappa shape index (κ3) is 2.56. The fraction of sp³-hybridized carbons (Fsp3) is 0.385. The van der Waals surface area contributed by atoms with Gasteiger partial charge >= 0.3 is 5.97 Å². The van der Waals surface area contributed by atoms with Crippen molar-refractivity contribution in [3.05, 3.63) is 35.6 Å². The topological polar surface area (TPSA) is 57.6 Å². The molecule has 1 aromatic rings. The molecule has 1 heterocycles. The van der Waals surface area contributed by atoms with Crippen LogP contribution >= 0.6 is 0 Å². The van der Waals surface area contributed by atoms with Crippen LogP contribution in [0, 0.1) is 5.82 Å². The number of hydrogen-bond donors (Lipinski definition) is 1. The fourth-order valence-corrected chi connectivity index (χ4v) is 2.25. The molecule has 1 saturated heterocycles. The molecule has 1 unspecified atom stereocenters. The van der Waals surface area contributed by atoms with E-state index in [2.05, 4.69) is 0 Å². The highest BCUT2D eigenvalue weighted by molar-refractivity contribution is 5.98. The molecular weight excluding hydrogens is 237 g/mol. The smallest absolute Gasteiger partial charge is 0.320 e. The van der Waals surface area contributed by atoms with Crippen molar-refractivity contribution >= 4 is 11.8 Å². The lowest BCUT2D eigenvalue weighted by Gasteiger charge is -2.19. The normalized spacial score (nSPS) is 19.9. The van der Waals surface area contributed by atoms with Crippen molar-refractivity contribution in [2.45, 2.75) is 18.9 Å². The Balaban J connectivity index is 2.08. The highest BCUT2D eigenvalue weighted by Gasteiger charge is 2.32. The Labute approximate surface area is 104 Å². The Hall–Kier alpha value is -1.75. The predicted octanol–water partition coefficient (Wildman–Crippen LogP) is 1.56. The molecule has 1 N–H and O–H groups in total. The van der Waals surface area contributed by atoms with Crippen molar-refractivity contribution in [1.82, 2.24) is 4.90 Å². The lowest BCUT2D eigenvalue weighted by molar-refractivity contribution is -0.141. The maximum Gasteiger partial charge on any atom is 0.320 e. The molecule has 1 aliphatic heterocycles. The molecule has 18 heavy (non-hydrogen) atoms. The summed E-state index contributed by atoms with van der Waals surface area (Å²) in [4.78, 5) is 24.5. The van der Waals surface area contributed by atoms with E-state index in [0.717, 1.165) is 6.42 Å². The second kappa shape index (κ2) is 5.27. The molecule has 0 saturated carbocycles. The highest BCUT2D eigenvalue weighted by Crippen LogP contribution is 2.18. The van der Waals surface area contributed by atoms with Crippen LogP contribution in [0.2, 0.25) is 0 Å². The minimum Gasteiger partial charge on any atom is -0.480 e. The van der Waals surface area contributed by atoms with Crippen LogP contribution in [0.25, 0.3) is 0 Å². The van der Waals surface area contributed by atoms with Gasteiger partial charge in [0.1, 0.15) is 11.9 Å². The van der Waals surface area contributed by atoms with Gasteiger partial charge in [0.15, 0.2) is 5.78 Å². The summed E-state index contributed by atoms with van der Waals surface area (Å²) in [5.41, 5.74) is 0.0218. The molecule has 0 spiro atoms. The standard InChI is InChI=1S/C13H14FNO3/c14-10-5-2-1-4-9(10)12(16)8-15-7-3-6-11(15)13(17)18/h1-2,4-5,11H,3,6-8H2,(H,17,18). The molecular formula is C13H14FNO3. The van der Waals surface area contributed by atoms with Gasteiger partial charge in [0.05, 0.1) is 12.1 Å². The SMILES string of the molecule is O=C(CN1CCCC1C(=O)O)c1ccccc1F. The minimum absolute atomic E-state index is 0.0218. The van der Waals surface area contributed by atoms with E-state index in [1.807, 2.05) is 0 Å². The number of carbonyl (C=O) groups excluding carboxylic acids is 1. The van der Waals surface area contributed by atoms with Crippen molar-refractivity contribution in [3.8, 4) is 0 Å². The first-order valence-electron chi connectivity index (χ1n) is 5.84. The monoisotopic (exact) mass is 251 g/mol. The molecule has 1 fully saturated rings. The second-order valence-electron chi connectivity index (χ2n) is 4.37. The number of aliphatic carboxylic acids is 1. The number of carbonyl (C=O) groups is 2. The van der Waals surface area contributed by atoms with Crippen molar-refractivity contribution in [1.29, 1.82) is 0 Å². The zero-order chi connectivity index (χ0) is 13.1. The van der Waals surface area contributed by atoms with Crippen LogP contribution in [0.1, 0.15) is 23.2 Å². The van der Waals surface area contributed by atoms with Gasteiger partial charge in [-0.05, 0) is 31.5 Å². The molecule has 96 valence electrons. The number of ketones is 1. The summed E-state index contributed by atoms with van der Waals surface area (Å²) in [5, 5.41) is 8.99. The summed E-state index contributed by atoms with van der Waals surface area (Å²) < 4.78 is 13.4. The van der Waals surface area contributed by atoms with E-state index in [1.54, 1.807) is 11.0 Å². The van der Waals surface area contributed by atoms with E-state index in [-0.39, 0.29) is 17.9 Å². The van der Waals surface area contributed by atoms with Crippen LogP contribution in [0.5, 0.6) is 0 Å². The first-order chi connectivity index (χ1) is 8.59. The summed E-state index contributed by atoms with van der Waals surface area (Å²) in [7, 11) is 0. The zero-order valence-corrected chi connectivity index (χ0v) is 9.80. The Morgan fingerprint density at radius 1 is 1.39 bits per heavy atom. The molecule has 0 aromatic heterocycles. The highest BCUT2D eigenvalue weighted by atomic mass is 19.1. The average Bonchev–Trinajstić information content (AvgIpc) is 2.77. The van der Waals surface area contributed by atoms with Gasteiger partial charge < -0.3 is 5.11 Å². The predicted molar refractivity (Wildman–Crippen MR) is 63.0 cm³/mol. The van der Waals surface area contributed by atoms with Gasteiger partial charge in [-0.2, -0.15) is 0 Å². The van der Waals surface area contributed by atoms with Crippen LogP contribution in [-0.2, 0) is 4.79 Å². The maximum atomic E-state index is 13.4. The van der Waals surface area contributed by atoms with E-state index >= 15 is 0 Å². The quantitative estimate of drug-likeness (QED) is 0.825. The molecule has 1 atom stereocenters. The third-order valence-electron chi connectivity index (χ3n) is 3.17. The molecule has 5 heteroatoms. The number of halogens is 1. The first-order valence-corrected chi connectivity index (χ1v) is 5.84. The number of benzene rings is 1. The Morgan fingerprint density at radius 2 is 2.11 bits per heavy atom. The minimum atomic E-state index is -0.922. The molecule has 1 aliphatic rings. The van der Waals surface area contributed by atoms with E-state index in [4.69, 9.17) is 5.11 Å². The van der Waals surface area contributed by atoms with Crippen LogP contribution in [0.4, 0.5) is 4.39 Å². The summed E-state index contributed by atoms with van der Waals surface area (Å²) in [6.45, 7) is 0.523. The van der Waals surface area contributed by atoms with Crippen molar-refractivity contribution in [2.75, 3.05) is 13.1 Å². The molecule has 4 nitrogen and oxygen atoms in total. The second-order valence-corrected chi connectivity index (χ2v) is 4.37. The van der Waals surface area contributed by atoms with Crippen molar-refractivity contribution < 1.29 is 19.1 Å². The number of Topliss-reactive ketones (excluding diaryl/α,β-unsaturated/α-hetero) is 1. The average molecular weight is 251 g/mol. The molecule has 0 bridgehead atoms. The lowest BCUT2D eigenvalue weighted by Crippen LogP contribution is -2.39. The largest absolute Gasteiger partial charge is 0.480 e. The molecule has 0 aliphatic carbocycles. The first kappa shape index (κ1) is 12.7. The van der Waals surface area contributed by atoms with Gasteiger partial charge in [0.2, 0.25) is 0 Å². The van der Waals surface area contributed by atoms with Gasteiger partial charge in [0.25, 0.3) is 0 Å². The van der Waals surface area contributed by atoms with E-state index in [0.29, 0.717) is 13.0 Å². The van der Waals surface area contributed by atoms with Gasteiger partial charge in [-0.3, -0.25) is 14.5 Å². The van der Waals surface area contributed by atoms with Crippen LogP contribution < -0.4 is 0 Å². The third-order valence-corrected chi connectivity index (χ3v) is 3.17. The maximum absolute atomic E-state index is 13.4. The van der Waals surface area contributed by atoms with E-state index < -0.39 is 17.8 Å². The number of carboxylic acids is 1. The fourth-order valence-electron chi connectivity index (χ4n) is 2.25. The number of nitrogens with zero attached hydrogens (tertiary/aromatic N) is 1. The Bertz CT molecular complexity index is 475. The Kier molecular flexibility index (Phi) is 3.72. The van der Waals surface area contributed by atoms with Crippen LogP contribution in [0.15, 0.2) is 24.3 Å². The number of rotatable bonds is 4. The van der Waals surface area contributed by atoms with Gasteiger partial charge in [-0.15, -0.1) is 0 Å². The Morgan fingerprint density at radius 3 is 2.78 bits per heavy atom. The van der Waals surface area contributed by atoms with Gasteiger partial charge in [0, 0.05) is 0 Å². The number of hydrogen-bond acceptors (Lipinski definition) is 3. The van der Waals surface area contributed by atoms with Crippen LogP contribution in [0.3, 0.4) is 0 Å². The number of carboxylic acid groups (broad SMARTS) is 1. The summed E-state index contributed by atoms with van der Waals surface area (Å²) in [6.07, 6.45) is 1.29. The summed E-state index contributed by atoms with van der Waals surface area (Å²) in [5.74, 6) is -1.86. The van der Waals surface area contributed by atoms with Gasteiger partial charge in [-0.1, -0.05) is 12.1 Å². The van der Waals surface area contributed by atoms with Gasteiger partial charge in [-0.25, -0.2) is 4.39 Å². The van der Waals surface area contributed by atoms with Crippen molar-refractivity contribution in [3.63, 3.8) is 0 Å². The lowest BCUT2D eigenvalue weighted by atomic mass is 10.1. The van der Waals surface area contributed by atoms with E-state index in [9.17, 15) is 14.0 Å². The molecule has 0 amide bonds.